The summed E-state index contributed by atoms with van der Waals surface area (Å²) in [6.45, 7) is 3.74. The maximum Gasteiger partial charge on any atom is 0.253 e. The molecule has 2 saturated carbocycles. The fraction of sp³-hybridized carbons (Fsp3) is 0.545. The molecule has 0 radical (unpaired) electrons. The molecule has 2 N–H and O–H groups in total. The number of amides is 1. The van der Waals surface area contributed by atoms with Gasteiger partial charge in [0, 0.05) is 22.6 Å². The van der Waals surface area contributed by atoms with Crippen molar-refractivity contribution in [1.82, 2.24) is 10.3 Å². The van der Waals surface area contributed by atoms with Crippen LogP contribution in [0, 0.1) is 5.92 Å². The Bertz CT molecular complexity index is 862. The van der Waals surface area contributed by atoms with Crippen LogP contribution in [0.3, 0.4) is 0 Å². The Balaban J connectivity index is 1.44. The van der Waals surface area contributed by atoms with E-state index in [0.717, 1.165) is 41.6 Å². The molecule has 1 amide bonds. The summed E-state index contributed by atoms with van der Waals surface area (Å²) in [5.74, 6) is 0.792. The molecule has 0 atom stereocenters. The van der Waals surface area contributed by atoms with E-state index in [4.69, 9.17) is 11.6 Å². The molecule has 0 aliphatic heterocycles. The highest BCUT2D eigenvalue weighted by atomic mass is 35.5. The van der Waals surface area contributed by atoms with Crippen molar-refractivity contribution in [2.75, 3.05) is 0 Å². The number of hydrogen-bond acceptors (Lipinski definition) is 3. The molecular weight excluding hydrogens is 360 g/mol. The minimum atomic E-state index is -0.643. The maximum atomic E-state index is 12.7. The zero-order valence-electron chi connectivity index (χ0n) is 16.0. The number of nitrogens with zero attached hydrogens (tertiary/aromatic N) is 1. The van der Waals surface area contributed by atoms with Crippen molar-refractivity contribution < 1.29 is 9.90 Å². The fourth-order valence-electron chi connectivity index (χ4n) is 4.21. The van der Waals surface area contributed by atoms with Crippen LogP contribution < -0.4 is 5.32 Å². The predicted molar refractivity (Wildman–Crippen MR) is 108 cm³/mol. The van der Waals surface area contributed by atoms with Gasteiger partial charge < -0.3 is 10.4 Å². The largest absolute Gasteiger partial charge is 0.390 e. The number of aromatic nitrogens is 1. The Labute approximate surface area is 165 Å². The van der Waals surface area contributed by atoms with Gasteiger partial charge in [0.25, 0.3) is 5.91 Å². The minimum absolute atomic E-state index is 0.0847. The number of pyridine rings is 1. The first-order valence-corrected chi connectivity index (χ1v) is 10.3. The summed E-state index contributed by atoms with van der Waals surface area (Å²) in [5, 5.41) is 15.0. The molecule has 0 unspecified atom stereocenters. The number of carbonyl (C=O) groups excluding carboxylic acids is 1. The third-order valence-corrected chi connectivity index (χ3v) is 6.47. The lowest BCUT2D eigenvalue weighted by Gasteiger charge is -2.36. The Morgan fingerprint density at radius 1 is 1.15 bits per heavy atom. The predicted octanol–water partition coefficient (Wildman–Crippen LogP) is 4.83. The second kappa shape index (κ2) is 7.06. The van der Waals surface area contributed by atoms with Crippen LogP contribution in [0.25, 0.3) is 10.9 Å². The van der Waals surface area contributed by atoms with Gasteiger partial charge in [-0.1, -0.05) is 11.6 Å². The van der Waals surface area contributed by atoms with Crippen LogP contribution in [0.5, 0.6) is 0 Å². The van der Waals surface area contributed by atoms with Crippen LogP contribution in [0.2, 0.25) is 5.02 Å². The van der Waals surface area contributed by atoms with Crippen LogP contribution in [-0.4, -0.2) is 27.6 Å². The molecule has 2 aliphatic rings. The van der Waals surface area contributed by atoms with Gasteiger partial charge in [0.2, 0.25) is 0 Å². The lowest BCUT2D eigenvalue weighted by molar-refractivity contribution is -0.00257. The molecular formula is C22H27ClN2O2. The number of fused-ring (bicyclic) bond motifs is 1. The third-order valence-electron chi connectivity index (χ3n) is 6.14. The van der Waals surface area contributed by atoms with Gasteiger partial charge in [-0.2, -0.15) is 0 Å². The fourth-order valence-corrected chi connectivity index (χ4v) is 4.54. The summed E-state index contributed by atoms with van der Waals surface area (Å²) in [5.41, 5.74) is 2.00. The van der Waals surface area contributed by atoms with Gasteiger partial charge >= 0.3 is 0 Å². The number of halogens is 1. The topological polar surface area (TPSA) is 62.2 Å². The van der Waals surface area contributed by atoms with Gasteiger partial charge in [0.15, 0.2) is 0 Å². The lowest BCUT2D eigenvalue weighted by atomic mass is 9.77. The molecule has 0 saturated heterocycles. The van der Waals surface area contributed by atoms with Crippen molar-refractivity contribution in [2.24, 2.45) is 5.92 Å². The smallest absolute Gasteiger partial charge is 0.253 e. The van der Waals surface area contributed by atoms with Gasteiger partial charge in [-0.3, -0.25) is 9.78 Å². The van der Waals surface area contributed by atoms with Crippen molar-refractivity contribution in [3.05, 3.63) is 40.5 Å². The lowest BCUT2D eigenvalue weighted by Crippen LogP contribution is -2.41. The molecule has 0 bridgehead atoms. The summed E-state index contributed by atoms with van der Waals surface area (Å²) < 4.78 is 0. The zero-order chi connectivity index (χ0) is 19.2. The van der Waals surface area contributed by atoms with Crippen LogP contribution >= 0.6 is 11.6 Å². The monoisotopic (exact) mass is 386 g/mol. The first-order chi connectivity index (χ1) is 12.8. The molecule has 144 valence electrons. The molecule has 1 aromatic carbocycles. The number of hydrogen-bond donors (Lipinski definition) is 2. The van der Waals surface area contributed by atoms with E-state index in [0.29, 0.717) is 17.4 Å². The van der Waals surface area contributed by atoms with Crippen molar-refractivity contribution in [1.29, 1.82) is 0 Å². The van der Waals surface area contributed by atoms with Crippen molar-refractivity contribution in [3.63, 3.8) is 0 Å². The van der Waals surface area contributed by atoms with Crippen LogP contribution in [0.4, 0.5) is 0 Å². The van der Waals surface area contributed by atoms with Gasteiger partial charge in [0.05, 0.1) is 16.7 Å². The maximum absolute atomic E-state index is 12.7. The number of carbonyl (C=O) groups is 1. The normalized spacial score (nSPS) is 23.4. The molecule has 2 aromatic rings. The average Bonchev–Trinajstić information content (AvgIpc) is 3.45. The highest BCUT2D eigenvalue weighted by molar-refractivity contribution is 6.32. The SMILES string of the molecule is CC(C)(O)C1CCC(NC(=O)c2cnc3cc(C4CC4)c(Cl)cc3c2)CC1. The average molecular weight is 387 g/mol. The van der Waals surface area contributed by atoms with E-state index >= 15 is 0 Å². The Morgan fingerprint density at radius 2 is 1.85 bits per heavy atom. The van der Waals surface area contributed by atoms with E-state index in [9.17, 15) is 9.90 Å². The quantitative estimate of drug-likeness (QED) is 0.791. The highest BCUT2D eigenvalue weighted by Gasteiger charge is 2.32. The molecule has 1 aromatic heterocycles. The van der Waals surface area contributed by atoms with E-state index in [1.165, 1.54) is 18.4 Å². The zero-order valence-corrected chi connectivity index (χ0v) is 16.7. The number of nitrogens with one attached hydrogen (secondary N) is 1. The van der Waals surface area contributed by atoms with Gasteiger partial charge in [0.1, 0.15) is 0 Å². The second-order valence-corrected chi connectivity index (χ2v) is 9.15. The van der Waals surface area contributed by atoms with Crippen molar-refractivity contribution >= 4 is 28.4 Å². The van der Waals surface area contributed by atoms with Gasteiger partial charge in [-0.05, 0) is 88.0 Å². The standard InChI is InChI=1S/C22H27ClN2O2/c1-22(2,27)16-5-7-17(8-6-16)25-21(26)15-9-14-10-19(23)18(13-3-4-13)11-20(14)24-12-15/h9-13,16-17,27H,3-8H2,1-2H3,(H,25,26). The first-order valence-electron chi connectivity index (χ1n) is 9.93. The summed E-state index contributed by atoms with van der Waals surface area (Å²) >= 11 is 6.43. The van der Waals surface area contributed by atoms with Crippen molar-refractivity contribution in [3.8, 4) is 0 Å². The first kappa shape index (κ1) is 18.7. The molecule has 4 nitrogen and oxygen atoms in total. The number of rotatable bonds is 4. The number of benzene rings is 1. The molecule has 27 heavy (non-hydrogen) atoms. The summed E-state index contributed by atoms with van der Waals surface area (Å²) in [6.07, 6.45) is 7.72. The second-order valence-electron chi connectivity index (χ2n) is 8.74. The summed E-state index contributed by atoms with van der Waals surface area (Å²) in [6, 6.07) is 6.04. The minimum Gasteiger partial charge on any atom is -0.390 e. The Hall–Kier alpha value is -1.65. The third kappa shape index (κ3) is 4.12. The summed E-state index contributed by atoms with van der Waals surface area (Å²) in [4.78, 5) is 17.2. The van der Waals surface area contributed by atoms with Gasteiger partial charge in [-0.25, -0.2) is 0 Å². The highest BCUT2D eigenvalue weighted by Crippen LogP contribution is 2.44. The van der Waals surface area contributed by atoms with E-state index in [1.54, 1.807) is 6.20 Å². The summed E-state index contributed by atoms with van der Waals surface area (Å²) in [7, 11) is 0. The van der Waals surface area contributed by atoms with Crippen molar-refractivity contribution in [2.45, 2.75) is 69.9 Å². The van der Waals surface area contributed by atoms with Crippen LogP contribution in [-0.2, 0) is 0 Å². The molecule has 1 heterocycles. The number of aliphatic hydroxyl groups is 1. The van der Waals surface area contributed by atoms with Gasteiger partial charge in [-0.15, -0.1) is 0 Å². The molecule has 5 heteroatoms. The Morgan fingerprint density at radius 3 is 2.48 bits per heavy atom. The molecule has 2 aliphatic carbocycles. The molecule has 2 fully saturated rings. The Kier molecular flexibility index (Phi) is 4.89. The van der Waals surface area contributed by atoms with E-state index in [2.05, 4.69) is 16.4 Å². The molecule has 4 rings (SSSR count). The van der Waals surface area contributed by atoms with E-state index in [1.807, 2.05) is 26.0 Å². The van der Waals surface area contributed by atoms with E-state index < -0.39 is 5.60 Å². The van der Waals surface area contributed by atoms with Crippen LogP contribution in [0.1, 0.15) is 74.2 Å². The van der Waals surface area contributed by atoms with Crippen LogP contribution in [0.15, 0.2) is 24.4 Å². The van der Waals surface area contributed by atoms with E-state index in [-0.39, 0.29) is 11.9 Å². The molecule has 0 spiro atoms.